The van der Waals surface area contributed by atoms with Crippen LogP contribution in [-0.4, -0.2) is 32.4 Å². The number of hydrogen-bond acceptors (Lipinski definition) is 4. The summed E-state index contributed by atoms with van der Waals surface area (Å²) in [7, 11) is 3.66. The maximum atomic E-state index is 5.88. The van der Waals surface area contributed by atoms with Crippen LogP contribution in [0.5, 0.6) is 0 Å². The zero-order valence-corrected chi connectivity index (χ0v) is 16.5. The SMILES string of the molecule is C=C(/C=C1/C(c2cnn(Cc3cccc(N)c3)c2)=CNC1=NC)c1cnn(C)c1. The first kappa shape index (κ1) is 18.5. The summed E-state index contributed by atoms with van der Waals surface area (Å²) in [5, 5.41) is 12.0. The fourth-order valence-corrected chi connectivity index (χ4v) is 3.31. The molecule has 1 aliphatic heterocycles. The van der Waals surface area contributed by atoms with Gasteiger partial charge in [-0.15, -0.1) is 0 Å². The van der Waals surface area contributed by atoms with Gasteiger partial charge in [0, 0.05) is 60.6 Å². The van der Waals surface area contributed by atoms with E-state index in [2.05, 4.69) is 27.1 Å². The van der Waals surface area contributed by atoms with Crippen LogP contribution in [-0.2, 0) is 13.6 Å². The van der Waals surface area contributed by atoms with Gasteiger partial charge in [-0.25, -0.2) is 0 Å². The Labute approximate surface area is 169 Å². The minimum Gasteiger partial charge on any atom is -0.399 e. The number of nitrogen functional groups attached to an aromatic ring is 1. The minimum absolute atomic E-state index is 0.655. The number of nitrogens with one attached hydrogen (secondary N) is 1. The molecule has 29 heavy (non-hydrogen) atoms. The van der Waals surface area contributed by atoms with Crippen molar-refractivity contribution in [1.29, 1.82) is 0 Å². The van der Waals surface area contributed by atoms with Gasteiger partial charge in [-0.1, -0.05) is 18.7 Å². The first-order chi connectivity index (χ1) is 14.0. The van der Waals surface area contributed by atoms with E-state index in [-0.39, 0.29) is 0 Å². The highest BCUT2D eigenvalue weighted by Crippen LogP contribution is 2.29. The molecule has 3 N–H and O–H groups in total. The van der Waals surface area contributed by atoms with Crippen molar-refractivity contribution in [2.24, 2.45) is 12.0 Å². The van der Waals surface area contributed by atoms with Crippen molar-refractivity contribution in [3.8, 4) is 0 Å². The van der Waals surface area contributed by atoms with Crippen LogP contribution in [0.15, 0.2) is 78.5 Å². The van der Waals surface area contributed by atoms with Crippen molar-refractivity contribution in [3.63, 3.8) is 0 Å². The molecule has 7 nitrogen and oxygen atoms in total. The third kappa shape index (κ3) is 3.89. The second-order valence-corrected chi connectivity index (χ2v) is 6.93. The highest BCUT2D eigenvalue weighted by atomic mass is 15.3. The molecular formula is C22H23N7. The Morgan fingerprint density at radius 1 is 1.28 bits per heavy atom. The van der Waals surface area contributed by atoms with Gasteiger partial charge < -0.3 is 11.1 Å². The summed E-state index contributed by atoms with van der Waals surface area (Å²) in [4.78, 5) is 4.36. The summed E-state index contributed by atoms with van der Waals surface area (Å²) in [5.74, 6) is 0.800. The van der Waals surface area contributed by atoms with Gasteiger partial charge in [0.15, 0.2) is 0 Å². The average molecular weight is 385 g/mol. The van der Waals surface area contributed by atoms with Gasteiger partial charge in [-0.2, -0.15) is 10.2 Å². The third-order valence-corrected chi connectivity index (χ3v) is 4.76. The zero-order valence-electron chi connectivity index (χ0n) is 16.5. The Morgan fingerprint density at radius 2 is 2.14 bits per heavy atom. The van der Waals surface area contributed by atoms with E-state index in [1.54, 1.807) is 17.9 Å². The number of amidine groups is 1. The van der Waals surface area contributed by atoms with E-state index in [0.29, 0.717) is 6.54 Å². The predicted molar refractivity (Wildman–Crippen MR) is 117 cm³/mol. The van der Waals surface area contributed by atoms with Crippen LogP contribution in [0.4, 0.5) is 5.69 Å². The van der Waals surface area contributed by atoms with E-state index >= 15 is 0 Å². The fraction of sp³-hybridized carbons (Fsp3) is 0.136. The lowest BCUT2D eigenvalue weighted by Crippen LogP contribution is -2.12. The average Bonchev–Trinajstić information content (AvgIpc) is 3.41. The van der Waals surface area contributed by atoms with Crippen molar-refractivity contribution in [2.75, 3.05) is 12.8 Å². The number of nitrogens with two attached hydrogens (primary N) is 1. The lowest BCUT2D eigenvalue weighted by molar-refractivity contribution is 0.687. The minimum atomic E-state index is 0.655. The van der Waals surface area contributed by atoms with Crippen LogP contribution < -0.4 is 11.1 Å². The molecule has 2 aromatic heterocycles. The Balaban J connectivity index is 1.61. The number of anilines is 1. The highest BCUT2D eigenvalue weighted by molar-refractivity contribution is 6.17. The molecule has 0 saturated carbocycles. The summed E-state index contributed by atoms with van der Waals surface area (Å²) in [5.41, 5.74) is 12.6. The number of aliphatic imine (C=N–C) groups is 1. The van der Waals surface area contributed by atoms with Gasteiger partial charge in [0.1, 0.15) is 5.84 Å². The van der Waals surface area contributed by atoms with Crippen LogP contribution in [0.3, 0.4) is 0 Å². The smallest absolute Gasteiger partial charge is 0.132 e. The number of allylic oxidation sites excluding steroid dienone is 2. The standard InChI is InChI=1S/C22H23N7/c1-15(17-9-26-28(3)13-17)7-20-21(11-25-22(20)24-2)18-10-27-29(14-18)12-16-5-4-6-19(23)8-16/h4-11,13-14H,1,12,23H2,2-3H3,(H,24,25)/b20-7-. The van der Waals surface area contributed by atoms with E-state index < -0.39 is 0 Å². The van der Waals surface area contributed by atoms with E-state index in [4.69, 9.17) is 5.73 Å². The molecule has 0 bridgehead atoms. The molecule has 0 fully saturated rings. The molecule has 3 aromatic rings. The van der Waals surface area contributed by atoms with Gasteiger partial charge in [-0.3, -0.25) is 14.4 Å². The van der Waals surface area contributed by atoms with E-state index in [1.807, 2.05) is 66.9 Å². The van der Waals surface area contributed by atoms with Crippen LogP contribution in [0.2, 0.25) is 0 Å². The molecule has 3 heterocycles. The number of benzene rings is 1. The summed E-state index contributed by atoms with van der Waals surface area (Å²) in [6.45, 7) is 4.85. The lowest BCUT2D eigenvalue weighted by Gasteiger charge is -2.06. The predicted octanol–water partition coefficient (Wildman–Crippen LogP) is 2.86. The Kier molecular flexibility index (Phi) is 4.87. The summed E-state index contributed by atoms with van der Waals surface area (Å²) in [6, 6.07) is 7.83. The van der Waals surface area contributed by atoms with Crippen molar-refractivity contribution in [1.82, 2.24) is 24.9 Å². The summed E-state index contributed by atoms with van der Waals surface area (Å²) >= 11 is 0. The summed E-state index contributed by atoms with van der Waals surface area (Å²) < 4.78 is 3.66. The second kappa shape index (κ2) is 7.63. The van der Waals surface area contributed by atoms with Crippen molar-refractivity contribution in [3.05, 3.63) is 90.2 Å². The Morgan fingerprint density at radius 3 is 2.86 bits per heavy atom. The maximum Gasteiger partial charge on any atom is 0.132 e. The van der Waals surface area contributed by atoms with Crippen LogP contribution in [0.1, 0.15) is 16.7 Å². The van der Waals surface area contributed by atoms with Gasteiger partial charge in [0.2, 0.25) is 0 Å². The van der Waals surface area contributed by atoms with Crippen molar-refractivity contribution >= 4 is 22.7 Å². The summed E-state index contributed by atoms with van der Waals surface area (Å²) in [6.07, 6.45) is 11.6. The molecule has 1 aliphatic rings. The van der Waals surface area contributed by atoms with Crippen LogP contribution >= 0.6 is 0 Å². The number of rotatable bonds is 5. The highest BCUT2D eigenvalue weighted by Gasteiger charge is 2.21. The molecule has 0 spiro atoms. The van der Waals surface area contributed by atoms with Gasteiger partial charge in [0.25, 0.3) is 0 Å². The zero-order chi connectivity index (χ0) is 20.4. The second-order valence-electron chi connectivity index (χ2n) is 6.93. The van der Waals surface area contributed by atoms with Gasteiger partial charge in [0.05, 0.1) is 18.9 Å². The van der Waals surface area contributed by atoms with E-state index in [9.17, 15) is 0 Å². The fourth-order valence-electron chi connectivity index (χ4n) is 3.31. The molecule has 1 aromatic carbocycles. The van der Waals surface area contributed by atoms with Crippen LogP contribution in [0, 0.1) is 0 Å². The van der Waals surface area contributed by atoms with Crippen molar-refractivity contribution in [2.45, 2.75) is 6.54 Å². The molecule has 0 saturated heterocycles. The first-order valence-electron chi connectivity index (χ1n) is 9.24. The number of aryl methyl sites for hydroxylation is 1. The van der Waals surface area contributed by atoms with E-state index in [1.165, 1.54) is 0 Å². The maximum absolute atomic E-state index is 5.88. The molecule has 0 amide bonds. The monoisotopic (exact) mass is 385 g/mol. The molecule has 0 unspecified atom stereocenters. The topological polar surface area (TPSA) is 86.1 Å². The number of aromatic nitrogens is 4. The third-order valence-electron chi connectivity index (χ3n) is 4.76. The molecule has 4 rings (SSSR count). The first-order valence-corrected chi connectivity index (χ1v) is 9.24. The number of nitrogens with zero attached hydrogens (tertiary/aromatic N) is 5. The van der Waals surface area contributed by atoms with Gasteiger partial charge in [-0.05, 0) is 29.3 Å². The Hall–Kier alpha value is -3.87. The van der Waals surface area contributed by atoms with Crippen molar-refractivity contribution < 1.29 is 0 Å². The number of hydrogen-bond donors (Lipinski definition) is 2. The molecule has 0 aliphatic carbocycles. The largest absolute Gasteiger partial charge is 0.399 e. The molecule has 7 heteroatoms. The van der Waals surface area contributed by atoms with E-state index in [0.717, 1.165) is 44.9 Å². The normalized spacial score (nSPS) is 16.3. The molecule has 146 valence electrons. The van der Waals surface area contributed by atoms with Gasteiger partial charge >= 0.3 is 0 Å². The molecule has 0 radical (unpaired) electrons. The molecular weight excluding hydrogens is 362 g/mol. The quantitative estimate of drug-likeness (QED) is 0.661. The van der Waals surface area contributed by atoms with Crippen LogP contribution in [0.25, 0.3) is 11.1 Å². The Bertz CT molecular complexity index is 1160. The lowest BCUT2D eigenvalue weighted by atomic mass is 9.99. The molecule has 0 atom stereocenters.